The first-order valence-electron chi connectivity index (χ1n) is 13.1. The molecular formula is C27H37N5O3. The number of carbonyl (C=O) groups is 2. The van der Waals surface area contributed by atoms with E-state index in [4.69, 9.17) is 4.74 Å². The summed E-state index contributed by atoms with van der Waals surface area (Å²) in [4.78, 5) is 32.9. The van der Waals surface area contributed by atoms with Crippen LogP contribution in [0.15, 0.2) is 36.4 Å². The third-order valence-electron chi connectivity index (χ3n) is 7.72. The topological polar surface area (TPSA) is 86.8 Å². The van der Waals surface area contributed by atoms with E-state index >= 15 is 0 Å². The number of unbranched alkanes of at least 4 members (excludes halogenated alkanes) is 3. The average Bonchev–Trinajstić information content (AvgIpc) is 3.24. The van der Waals surface area contributed by atoms with Crippen LogP contribution in [0.1, 0.15) is 51.4 Å². The summed E-state index contributed by atoms with van der Waals surface area (Å²) in [5, 5.41) is 7.73. The van der Waals surface area contributed by atoms with Crippen LogP contribution in [0.2, 0.25) is 0 Å². The van der Waals surface area contributed by atoms with Crippen molar-refractivity contribution >= 4 is 28.5 Å². The summed E-state index contributed by atoms with van der Waals surface area (Å²) in [6.45, 7) is 2.23. The van der Waals surface area contributed by atoms with Crippen molar-refractivity contribution in [2.75, 3.05) is 31.6 Å². The van der Waals surface area contributed by atoms with Gasteiger partial charge >= 0.3 is 0 Å². The molecule has 1 aliphatic carbocycles. The summed E-state index contributed by atoms with van der Waals surface area (Å²) in [5.41, 5.74) is 0.905. The van der Waals surface area contributed by atoms with E-state index in [2.05, 4.69) is 20.5 Å². The lowest BCUT2D eigenvalue weighted by atomic mass is 9.80. The van der Waals surface area contributed by atoms with Gasteiger partial charge in [0.25, 0.3) is 0 Å². The highest BCUT2D eigenvalue weighted by atomic mass is 16.5. The van der Waals surface area contributed by atoms with Crippen LogP contribution in [-0.2, 0) is 14.3 Å². The van der Waals surface area contributed by atoms with E-state index in [0.29, 0.717) is 30.7 Å². The Hall–Kier alpha value is -2.55. The minimum atomic E-state index is -0.0339. The van der Waals surface area contributed by atoms with Crippen LogP contribution in [0, 0.1) is 5.92 Å². The molecule has 4 unspecified atom stereocenters. The fourth-order valence-corrected chi connectivity index (χ4v) is 5.75. The Bertz CT molecular complexity index is 1050. The minimum Gasteiger partial charge on any atom is -0.377 e. The van der Waals surface area contributed by atoms with Crippen molar-refractivity contribution in [3.8, 4) is 0 Å². The molecule has 3 aliphatic rings. The first-order chi connectivity index (χ1) is 17.1. The number of nitrogens with zero attached hydrogens (tertiary/aromatic N) is 3. The SMILES string of the molecule is CN(C(=O)CCCCCCOC1CCCC2CN3CC(=O)NC3NC21)c1ccc2ccccc2n1. The first kappa shape index (κ1) is 24.2. The number of rotatable bonds is 9. The van der Waals surface area contributed by atoms with E-state index in [1.807, 2.05) is 36.4 Å². The van der Waals surface area contributed by atoms with Crippen LogP contribution in [-0.4, -0.2) is 66.9 Å². The highest BCUT2D eigenvalue weighted by Gasteiger charge is 2.44. The number of hydrogen-bond acceptors (Lipinski definition) is 6. The van der Waals surface area contributed by atoms with Crippen LogP contribution < -0.4 is 15.5 Å². The second-order valence-electron chi connectivity index (χ2n) is 10.2. The maximum absolute atomic E-state index is 12.6. The van der Waals surface area contributed by atoms with Crippen LogP contribution >= 0.6 is 0 Å². The quantitative estimate of drug-likeness (QED) is 0.538. The number of aromatic nitrogens is 1. The third kappa shape index (κ3) is 5.66. The molecule has 1 saturated carbocycles. The summed E-state index contributed by atoms with van der Waals surface area (Å²) >= 11 is 0. The Labute approximate surface area is 207 Å². The average molecular weight is 480 g/mol. The van der Waals surface area contributed by atoms with Gasteiger partial charge in [0.05, 0.1) is 18.2 Å². The smallest absolute Gasteiger partial charge is 0.236 e. The molecule has 2 saturated heterocycles. The minimum absolute atomic E-state index is 0.0339. The summed E-state index contributed by atoms with van der Waals surface area (Å²) in [6, 6.07) is 12.2. The highest BCUT2D eigenvalue weighted by Crippen LogP contribution is 2.32. The lowest BCUT2D eigenvalue weighted by Gasteiger charge is -2.46. The molecule has 0 bridgehead atoms. The molecule has 0 spiro atoms. The van der Waals surface area contributed by atoms with Crippen molar-refractivity contribution in [3.05, 3.63) is 36.4 Å². The first-order valence-corrected chi connectivity index (χ1v) is 13.1. The lowest BCUT2D eigenvalue weighted by molar-refractivity contribution is -0.119. The predicted molar refractivity (Wildman–Crippen MR) is 136 cm³/mol. The van der Waals surface area contributed by atoms with E-state index in [0.717, 1.165) is 56.2 Å². The Morgan fingerprint density at radius 1 is 1.14 bits per heavy atom. The molecule has 1 aromatic heterocycles. The second kappa shape index (κ2) is 11.0. The van der Waals surface area contributed by atoms with E-state index in [9.17, 15) is 9.59 Å². The maximum atomic E-state index is 12.6. The summed E-state index contributed by atoms with van der Waals surface area (Å²) < 4.78 is 6.31. The Balaban J connectivity index is 0.990. The third-order valence-corrected chi connectivity index (χ3v) is 7.72. The van der Waals surface area contributed by atoms with Crippen LogP contribution in [0.5, 0.6) is 0 Å². The Morgan fingerprint density at radius 2 is 2.00 bits per heavy atom. The summed E-state index contributed by atoms with van der Waals surface area (Å²) in [6.07, 6.45) is 8.16. The van der Waals surface area contributed by atoms with Gasteiger partial charge in [-0.3, -0.25) is 24.7 Å². The standard InChI is InChI=1S/C27H37N5O3/c1-31(23-15-14-19-9-5-6-11-21(19)28-23)25(34)13-4-2-3-7-16-35-22-12-8-10-20-17-32-18-24(33)29-27(32)30-26(20)22/h5-6,9,11,14-15,20,22,26-27,30H,2-4,7-8,10,12-13,16-18H2,1H3,(H,29,33). The van der Waals surface area contributed by atoms with Gasteiger partial charge in [-0.05, 0) is 49.8 Å². The van der Waals surface area contributed by atoms with E-state index in [-0.39, 0.29) is 24.2 Å². The number of carbonyl (C=O) groups excluding carboxylic acids is 2. The Morgan fingerprint density at radius 3 is 2.91 bits per heavy atom. The zero-order chi connectivity index (χ0) is 24.2. The van der Waals surface area contributed by atoms with Gasteiger partial charge in [-0.1, -0.05) is 37.5 Å². The molecule has 2 aliphatic heterocycles. The van der Waals surface area contributed by atoms with Gasteiger partial charge in [0, 0.05) is 38.0 Å². The molecule has 2 N–H and O–H groups in total. The molecule has 188 valence electrons. The van der Waals surface area contributed by atoms with Gasteiger partial charge in [-0.15, -0.1) is 0 Å². The number of hydrogen-bond donors (Lipinski definition) is 2. The molecule has 3 fully saturated rings. The van der Waals surface area contributed by atoms with Crippen LogP contribution in [0.4, 0.5) is 5.82 Å². The van der Waals surface area contributed by atoms with Crippen molar-refractivity contribution in [3.63, 3.8) is 0 Å². The maximum Gasteiger partial charge on any atom is 0.236 e. The molecule has 5 rings (SSSR count). The molecule has 3 heterocycles. The zero-order valence-electron chi connectivity index (χ0n) is 20.6. The molecule has 2 amide bonds. The van der Waals surface area contributed by atoms with Gasteiger partial charge in [0.1, 0.15) is 12.1 Å². The molecule has 1 aromatic carbocycles. The molecule has 2 aromatic rings. The van der Waals surface area contributed by atoms with E-state index < -0.39 is 0 Å². The number of pyridine rings is 1. The van der Waals surface area contributed by atoms with E-state index in [1.165, 1.54) is 12.8 Å². The molecule has 35 heavy (non-hydrogen) atoms. The van der Waals surface area contributed by atoms with Crippen molar-refractivity contribution in [1.29, 1.82) is 0 Å². The molecule has 0 radical (unpaired) electrons. The van der Waals surface area contributed by atoms with Crippen molar-refractivity contribution in [1.82, 2.24) is 20.5 Å². The van der Waals surface area contributed by atoms with Gasteiger partial charge in [-0.2, -0.15) is 0 Å². The number of amides is 2. The molecule has 4 atom stereocenters. The van der Waals surface area contributed by atoms with Gasteiger partial charge in [0.2, 0.25) is 11.8 Å². The number of nitrogens with one attached hydrogen (secondary N) is 2. The monoisotopic (exact) mass is 479 g/mol. The second-order valence-corrected chi connectivity index (χ2v) is 10.2. The zero-order valence-corrected chi connectivity index (χ0v) is 20.6. The fourth-order valence-electron chi connectivity index (χ4n) is 5.75. The predicted octanol–water partition coefficient (Wildman–Crippen LogP) is 3.02. The largest absolute Gasteiger partial charge is 0.377 e. The van der Waals surface area contributed by atoms with Crippen molar-refractivity contribution < 1.29 is 14.3 Å². The lowest BCUT2D eigenvalue weighted by Crippen LogP contribution is -2.65. The normalized spacial score (nSPS) is 26.3. The number of para-hydroxylation sites is 1. The molecular weight excluding hydrogens is 442 g/mol. The summed E-state index contributed by atoms with van der Waals surface area (Å²) in [7, 11) is 1.81. The molecule has 8 heteroatoms. The van der Waals surface area contributed by atoms with Crippen molar-refractivity contribution in [2.45, 2.75) is 69.8 Å². The highest BCUT2D eigenvalue weighted by molar-refractivity contribution is 5.93. The van der Waals surface area contributed by atoms with Gasteiger partial charge < -0.3 is 10.1 Å². The van der Waals surface area contributed by atoms with E-state index in [1.54, 1.807) is 11.9 Å². The van der Waals surface area contributed by atoms with Crippen LogP contribution in [0.3, 0.4) is 0 Å². The number of fused-ring (bicyclic) bond motifs is 3. The van der Waals surface area contributed by atoms with Crippen LogP contribution in [0.25, 0.3) is 10.9 Å². The summed E-state index contributed by atoms with van der Waals surface area (Å²) in [5.74, 6) is 1.47. The number of ether oxygens (including phenoxy) is 1. The number of benzene rings is 1. The Kier molecular flexibility index (Phi) is 7.60. The molecule has 8 nitrogen and oxygen atoms in total. The van der Waals surface area contributed by atoms with Gasteiger partial charge in [-0.25, -0.2) is 4.98 Å². The van der Waals surface area contributed by atoms with Gasteiger partial charge in [0.15, 0.2) is 0 Å². The fraction of sp³-hybridized carbons (Fsp3) is 0.593. The van der Waals surface area contributed by atoms with Crippen molar-refractivity contribution in [2.24, 2.45) is 5.92 Å². The number of anilines is 1.